The Morgan fingerprint density at radius 2 is 1.44 bits per heavy atom. The van der Waals surface area contributed by atoms with Gasteiger partial charge in [-0.25, -0.2) is 19.2 Å². The van der Waals surface area contributed by atoms with Crippen molar-refractivity contribution in [2.45, 2.75) is 118 Å². The van der Waals surface area contributed by atoms with Gasteiger partial charge in [-0.05, 0) is 69.2 Å². The van der Waals surface area contributed by atoms with Gasteiger partial charge in [0.25, 0.3) is 0 Å². The lowest BCUT2D eigenvalue weighted by molar-refractivity contribution is -0.147. The number of nitrogens with zero attached hydrogens (tertiary/aromatic N) is 1. The van der Waals surface area contributed by atoms with Gasteiger partial charge < -0.3 is 34.1 Å². The van der Waals surface area contributed by atoms with Crippen LogP contribution in [0.4, 0.5) is 9.59 Å². The number of methoxy groups -OCH3 is 2. The number of nitrogens with one attached hydrogen (secondary N) is 1. The van der Waals surface area contributed by atoms with Crippen molar-refractivity contribution in [3.8, 4) is 0 Å². The number of aliphatic hydroxyl groups excluding tert-OH is 1. The van der Waals surface area contributed by atoms with Gasteiger partial charge in [0.05, 0.1) is 26.4 Å². The summed E-state index contributed by atoms with van der Waals surface area (Å²) in [5.74, 6) is -1.23. The van der Waals surface area contributed by atoms with E-state index in [4.69, 9.17) is 18.9 Å². The zero-order valence-electron chi connectivity index (χ0n) is 22.9. The standard InChI is InChI=1S/C13H23NO5.C10H19NO5.CH4/c1-8-9(10(15)17-7)14(13(5,6)18-8)11(16)19-12(2,3)4;1-6(12)7(8(13)15-5)11-9(14)16-10(2,3)4;/h8-9H,1-7H3;6-7,12H,1-5H3,(H,11,14);1H4/t8-,9+;6-,7+;/m11./s1. The van der Waals surface area contributed by atoms with Crippen LogP contribution < -0.4 is 5.32 Å². The summed E-state index contributed by atoms with van der Waals surface area (Å²) in [5, 5.41) is 11.5. The fourth-order valence-corrected chi connectivity index (χ4v) is 3.12. The van der Waals surface area contributed by atoms with Crippen molar-refractivity contribution in [3.05, 3.63) is 0 Å². The van der Waals surface area contributed by atoms with Gasteiger partial charge in [0, 0.05) is 0 Å². The summed E-state index contributed by atoms with van der Waals surface area (Å²) in [7, 11) is 2.46. The number of carbonyl (C=O) groups is 4. The minimum absolute atomic E-state index is 0. The second kappa shape index (κ2) is 13.6. The number of alkyl carbamates (subject to hydrolysis) is 1. The molecule has 0 aliphatic carbocycles. The smallest absolute Gasteiger partial charge is 0.413 e. The van der Waals surface area contributed by atoms with Crippen LogP contribution in [0.3, 0.4) is 0 Å². The normalized spacial score (nSPS) is 20.4. The second-order valence-corrected chi connectivity index (χ2v) is 10.5. The highest BCUT2D eigenvalue weighted by molar-refractivity contribution is 5.83. The molecule has 12 heteroatoms. The fourth-order valence-electron chi connectivity index (χ4n) is 3.12. The number of aliphatic hydroxyl groups is 1. The molecule has 2 amide bonds. The first kappa shape index (κ1) is 35.6. The highest BCUT2D eigenvalue weighted by atomic mass is 16.6. The highest BCUT2D eigenvalue weighted by Crippen LogP contribution is 2.34. The Morgan fingerprint density at radius 3 is 1.81 bits per heavy atom. The van der Waals surface area contributed by atoms with Gasteiger partial charge in [-0.15, -0.1) is 0 Å². The summed E-state index contributed by atoms with van der Waals surface area (Å²) >= 11 is 0. The maximum atomic E-state index is 12.3. The van der Waals surface area contributed by atoms with Gasteiger partial charge in [-0.1, -0.05) is 7.43 Å². The van der Waals surface area contributed by atoms with Crippen LogP contribution >= 0.6 is 0 Å². The van der Waals surface area contributed by atoms with Gasteiger partial charge in [0.1, 0.15) is 16.9 Å². The summed E-state index contributed by atoms with van der Waals surface area (Å²) in [6.07, 6.45) is -2.86. The molecule has 36 heavy (non-hydrogen) atoms. The van der Waals surface area contributed by atoms with Crippen molar-refractivity contribution in [1.29, 1.82) is 0 Å². The molecule has 0 aromatic heterocycles. The molecular formula is C24H46N2O10. The number of hydrogen-bond acceptors (Lipinski definition) is 10. The monoisotopic (exact) mass is 522 g/mol. The van der Waals surface area contributed by atoms with Crippen molar-refractivity contribution in [2.24, 2.45) is 0 Å². The molecule has 0 aromatic rings. The number of esters is 2. The molecule has 1 aliphatic heterocycles. The first-order valence-electron chi connectivity index (χ1n) is 11.2. The van der Waals surface area contributed by atoms with Crippen LogP contribution in [0.1, 0.15) is 76.7 Å². The molecule has 1 fully saturated rings. The summed E-state index contributed by atoms with van der Waals surface area (Å²) < 4.78 is 25.1. The average molecular weight is 523 g/mol. The molecule has 1 rings (SSSR count). The van der Waals surface area contributed by atoms with E-state index < -0.39 is 65.3 Å². The molecule has 1 saturated heterocycles. The SMILES string of the molecule is C.COC(=O)[C@@H](NC(=O)OC(C)(C)C)[C@@H](C)O.COC(=O)[C@@H]1[C@@H](C)OC(C)(C)N1C(=O)OC(C)(C)C. The molecule has 2 N–H and O–H groups in total. The maximum Gasteiger partial charge on any atom is 0.413 e. The first-order chi connectivity index (χ1) is 15.7. The van der Waals surface area contributed by atoms with Crippen LogP contribution in [0, 0.1) is 0 Å². The molecule has 1 aliphatic rings. The Hall–Kier alpha value is -2.60. The van der Waals surface area contributed by atoms with Crippen LogP contribution in [0.2, 0.25) is 0 Å². The summed E-state index contributed by atoms with van der Waals surface area (Å²) in [6, 6.07) is -1.92. The van der Waals surface area contributed by atoms with E-state index in [1.54, 1.807) is 62.3 Å². The number of rotatable bonds is 4. The topological polar surface area (TPSA) is 150 Å². The Balaban J connectivity index is 0. The van der Waals surface area contributed by atoms with Crippen molar-refractivity contribution in [3.63, 3.8) is 0 Å². The van der Waals surface area contributed by atoms with Crippen molar-refractivity contribution in [2.75, 3.05) is 14.2 Å². The van der Waals surface area contributed by atoms with Gasteiger partial charge in [0.2, 0.25) is 0 Å². The predicted molar refractivity (Wildman–Crippen MR) is 132 cm³/mol. The zero-order chi connectivity index (χ0) is 27.9. The van der Waals surface area contributed by atoms with E-state index in [2.05, 4.69) is 10.1 Å². The summed E-state index contributed by atoms with van der Waals surface area (Å²) in [6.45, 7) is 16.9. The fraction of sp³-hybridized carbons (Fsp3) is 0.833. The minimum Gasteiger partial charge on any atom is -0.467 e. The lowest BCUT2D eigenvalue weighted by Gasteiger charge is -2.34. The molecule has 1 heterocycles. The number of hydrogen-bond donors (Lipinski definition) is 2. The Bertz CT molecular complexity index is 753. The summed E-state index contributed by atoms with van der Waals surface area (Å²) in [5.41, 5.74) is -2.22. The van der Waals surface area contributed by atoms with E-state index in [0.29, 0.717) is 0 Å². The third-order valence-corrected chi connectivity index (χ3v) is 4.42. The quantitative estimate of drug-likeness (QED) is 0.416. The molecule has 0 bridgehead atoms. The van der Waals surface area contributed by atoms with Crippen molar-refractivity contribution >= 4 is 24.1 Å². The van der Waals surface area contributed by atoms with Crippen molar-refractivity contribution in [1.82, 2.24) is 10.2 Å². The molecule has 4 atom stereocenters. The maximum absolute atomic E-state index is 12.3. The second-order valence-electron chi connectivity index (χ2n) is 10.5. The third kappa shape index (κ3) is 11.4. The van der Waals surface area contributed by atoms with E-state index in [-0.39, 0.29) is 7.43 Å². The number of amides is 2. The largest absolute Gasteiger partial charge is 0.467 e. The Labute approximate surface area is 214 Å². The lowest BCUT2D eigenvalue weighted by atomic mass is 10.1. The van der Waals surface area contributed by atoms with E-state index in [0.717, 1.165) is 0 Å². The number of carbonyl (C=O) groups excluding carboxylic acids is 4. The van der Waals surface area contributed by atoms with Gasteiger partial charge in [-0.2, -0.15) is 0 Å². The van der Waals surface area contributed by atoms with Crippen LogP contribution in [0.15, 0.2) is 0 Å². The predicted octanol–water partition coefficient (Wildman–Crippen LogP) is 2.99. The Morgan fingerprint density at radius 1 is 0.972 bits per heavy atom. The minimum atomic E-state index is -1.13. The van der Waals surface area contributed by atoms with Gasteiger partial charge in [-0.3, -0.25) is 4.90 Å². The molecule has 0 spiro atoms. The van der Waals surface area contributed by atoms with E-state index in [1.807, 2.05) is 0 Å². The third-order valence-electron chi connectivity index (χ3n) is 4.42. The lowest BCUT2D eigenvalue weighted by Crippen LogP contribution is -2.53. The number of ether oxygens (including phenoxy) is 5. The summed E-state index contributed by atoms with van der Waals surface area (Å²) in [4.78, 5) is 48.0. The van der Waals surface area contributed by atoms with Crippen molar-refractivity contribution < 1.29 is 48.0 Å². The van der Waals surface area contributed by atoms with E-state index in [1.165, 1.54) is 26.0 Å². The van der Waals surface area contributed by atoms with Gasteiger partial charge >= 0.3 is 24.1 Å². The molecular weight excluding hydrogens is 476 g/mol. The molecule has 12 nitrogen and oxygen atoms in total. The molecule has 0 radical (unpaired) electrons. The van der Waals surface area contributed by atoms with Crippen LogP contribution in [0.5, 0.6) is 0 Å². The van der Waals surface area contributed by atoms with Crippen LogP contribution in [-0.2, 0) is 33.3 Å². The molecule has 0 saturated carbocycles. The molecule has 212 valence electrons. The van der Waals surface area contributed by atoms with Crippen LogP contribution in [0.25, 0.3) is 0 Å². The average Bonchev–Trinajstić information content (AvgIpc) is 2.90. The van der Waals surface area contributed by atoms with Gasteiger partial charge in [0.15, 0.2) is 12.1 Å². The molecule has 0 aromatic carbocycles. The zero-order valence-corrected chi connectivity index (χ0v) is 22.9. The van der Waals surface area contributed by atoms with E-state index >= 15 is 0 Å². The first-order valence-corrected chi connectivity index (χ1v) is 11.2. The van der Waals surface area contributed by atoms with E-state index in [9.17, 15) is 24.3 Å². The highest BCUT2D eigenvalue weighted by Gasteiger charge is 2.53. The van der Waals surface area contributed by atoms with Crippen LogP contribution in [-0.4, -0.2) is 89.6 Å². The Kier molecular flexibility index (Phi) is 13.5. The molecule has 0 unspecified atom stereocenters.